The highest BCUT2D eigenvalue weighted by Crippen LogP contribution is 2.35. The molecule has 0 radical (unpaired) electrons. The second-order valence-corrected chi connectivity index (χ2v) is 11.0. The lowest BCUT2D eigenvalue weighted by atomic mass is 9.94. The van der Waals surface area contributed by atoms with E-state index in [1.54, 1.807) is 29.5 Å². The van der Waals surface area contributed by atoms with E-state index in [0.29, 0.717) is 36.2 Å². The summed E-state index contributed by atoms with van der Waals surface area (Å²) < 4.78 is 6.04. The standard InChI is InChI=1S/C29H32N6O3S/c1-4-31-24(36)20-13-21(25-33-34-28(38-25)29(3,30)16-19-9-6-5-7-10-19)15-22(14-20)27(37)35-12-8-11-23(35)26-32-18(2)17-39-26/h5-7,9-10,13-15,17,23H,4,8,11-12,16,30H2,1-3H3,(H,31,36)/t23-,29+/m1/s1. The van der Waals surface area contributed by atoms with Crippen LogP contribution in [0.3, 0.4) is 0 Å². The van der Waals surface area contributed by atoms with Crippen molar-refractivity contribution in [1.29, 1.82) is 0 Å². The van der Waals surface area contributed by atoms with Crippen LogP contribution in [-0.2, 0) is 12.0 Å². The van der Waals surface area contributed by atoms with Gasteiger partial charge in [-0.25, -0.2) is 4.98 Å². The number of nitrogens with zero attached hydrogens (tertiary/aromatic N) is 4. The van der Waals surface area contributed by atoms with Crippen LogP contribution in [0.1, 0.15) is 75.6 Å². The summed E-state index contributed by atoms with van der Waals surface area (Å²) in [5.74, 6) is 0.0273. The monoisotopic (exact) mass is 544 g/mol. The summed E-state index contributed by atoms with van der Waals surface area (Å²) in [4.78, 5) is 33.1. The number of nitrogens with one attached hydrogen (secondary N) is 1. The average Bonchev–Trinajstić information content (AvgIpc) is 3.69. The largest absolute Gasteiger partial charge is 0.419 e. The molecule has 1 saturated heterocycles. The Balaban J connectivity index is 1.48. The zero-order valence-electron chi connectivity index (χ0n) is 22.3. The quantitative estimate of drug-likeness (QED) is 0.331. The van der Waals surface area contributed by atoms with Crippen molar-refractivity contribution in [3.63, 3.8) is 0 Å². The number of aromatic nitrogens is 3. The number of carbonyl (C=O) groups is 2. The fourth-order valence-corrected chi connectivity index (χ4v) is 5.83. The summed E-state index contributed by atoms with van der Waals surface area (Å²) in [6.07, 6.45) is 2.25. The lowest BCUT2D eigenvalue weighted by Crippen LogP contribution is -2.35. The molecular weight excluding hydrogens is 512 g/mol. The minimum atomic E-state index is -0.906. The van der Waals surface area contributed by atoms with E-state index < -0.39 is 5.54 Å². The van der Waals surface area contributed by atoms with Crippen LogP contribution in [0.25, 0.3) is 11.5 Å². The van der Waals surface area contributed by atoms with E-state index >= 15 is 0 Å². The third-order valence-corrected chi connectivity index (χ3v) is 7.85. The highest BCUT2D eigenvalue weighted by atomic mass is 32.1. The third-order valence-electron chi connectivity index (χ3n) is 6.79. The average molecular weight is 545 g/mol. The Morgan fingerprint density at radius 2 is 1.95 bits per heavy atom. The molecule has 0 bridgehead atoms. The van der Waals surface area contributed by atoms with Crippen LogP contribution in [0.5, 0.6) is 0 Å². The number of amides is 2. The van der Waals surface area contributed by atoms with Crippen molar-refractivity contribution in [1.82, 2.24) is 25.4 Å². The predicted molar refractivity (Wildman–Crippen MR) is 149 cm³/mol. The minimum Gasteiger partial charge on any atom is -0.419 e. The molecule has 0 spiro atoms. The number of aryl methyl sites for hydroxylation is 1. The van der Waals surface area contributed by atoms with Gasteiger partial charge < -0.3 is 20.4 Å². The summed E-state index contributed by atoms with van der Waals surface area (Å²) in [5, 5.41) is 14.2. The van der Waals surface area contributed by atoms with E-state index in [9.17, 15) is 9.59 Å². The van der Waals surface area contributed by atoms with Gasteiger partial charge in [-0.1, -0.05) is 30.3 Å². The van der Waals surface area contributed by atoms with E-state index in [1.165, 1.54) is 0 Å². The number of nitrogens with two attached hydrogens (primary N) is 1. The Morgan fingerprint density at radius 3 is 2.67 bits per heavy atom. The van der Waals surface area contributed by atoms with Crippen LogP contribution in [0.2, 0.25) is 0 Å². The molecule has 5 rings (SSSR count). The lowest BCUT2D eigenvalue weighted by Gasteiger charge is -2.23. The van der Waals surface area contributed by atoms with Crippen molar-refractivity contribution < 1.29 is 14.0 Å². The summed E-state index contributed by atoms with van der Waals surface area (Å²) in [6, 6.07) is 14.8. The van der Waals surface area contributed by atoms with E-state index in [-0.39, 0.29) is 29.6 Å². The van der Waals surface area contributed by atoms with E-state index in [4.69, 9.17) is 10.2 Å². The summed E-state index contributed by atoms with van der Waals surface area (Å²) in [7, 11) is 0. The van der Waals surface area contributed by atoms with Crippen molar-refractivity contribution in [3.8, 4) is 11.5 Å². The second kappa shape index (κ2) is 11.1. The maximum atomic E-state index is 13.8. The van der Waals surface area contributed by atoms with Gasteiger partial charge in [-0.05, 0) is 63.8 Å². The molecule has 0 saturated carbocycles. The molecule has 39 heavy (non-hydrogen) atoms. The molecule has 1 aliphatic rings. The Kier molecular flexibility index (Phi) is 7.58. The number of hydrogen-bond acceptors (Lipinski definition) is 8. The summed E-state index contributed by atoms with van der Waals surface area (Å²) in [5.41, 5.74) is 8.88. The molecule has 2 amide bonds. The number of rotatable bonds is 8. The Hall–Kier alpha value is -3.89. The van der Waals surface area contributed by atoms with E-state index in [1.807, 2.05) is 61.4 Å². The molecule has 4 aromatic rings. The maximum absolute atomic E-state index is 13.8. The van der Waals surface area contributed by atoms with Gasteiger partial charge in [0, 0.05) is 40.9 Å². The molecule has 3 N–H and O–H groups in total. The van der Waals surface area contributed by atoms with Crippen molar-refractivity contribution in [2.45, 2.75) is 51.6 Å². The lowest BCUT2D eigenvalue weighted by molar-refractivity contribution is 0.0735. The van der Waals surface area contributed by atoms with Crippen molar-refractivity contribution in [2.24, 2.45) is 5.73 Å². The zero-order chi connectivity index (χ0) is 27.6. The van der Waals surface area contributed by atoms with E-state index in [2.05, 4.69) is 20.5 Å². The highest BCUT2D eigenvalue weighted by Gasteiger charge is 2.34. The topological polar surface area (TPSA) is 127 Å². The van der Waals surface area contributed by atoms with Crippen LogP contribution < -0.4 is 11.1 Å². The van der Waals surface area contributed by atoms with Gasteiger partial charge in [-0.3, -0.25) is 9.59 Å². The molecule has 1 fully saturated rings. The Morgan fingerprint density at radius 1 is 1.18 bits per heavy atom. The van der Waals surface area contributed by atoms with Crippen molar-refractivity contribution >= 4 is 23.2 Å². The molecule has 2 aromatic carbocycles. The molecule has 2 aromatic heterocycles. The molecule has 9 nitrogen and oxygen atoms in total. The first-order chi connectivity index (χ1) is 18.7. The van der Waals surface area contributed by atoms with Gasteiger partial charge in [0.15, 0.2) is 0 Å². The SMILES string of the molecule is CCNC(=O)c1cc(C(=O)N2CCC[C@@H]2c2nc(C)cs2)cc(-c2nnc([C@@](C)(N)Cc3ccccc3)o2)c1. The molecule has 202 valence electrons. The van der Waals surface area contributed by atoms with Gasteiger partial charge in [0.05, 0.1) is 11.6 Å². The van der Waals surface area contributed by atoms with Gasteiger partial charge in [0.25, 0.3) is 11.8 Å². The zero-order valence-corrected chi connectivity index (χ0v) is 23.1. The first kappa shape index (κ1) is 26.7. The molecule has 1 aliphatic heterocycles. The second-order valence-electron chi connectivity index (χ2n) is 10.1. The van der Waals surface area contributed by atoms with Gasteiger partial charge in [-0.15, -0.1) is 21.5 Å². The first-order valence-electron chi connectivity index (χ1n) is 13.1. The number of hydrogen-bond donors (Lipinski definition) is 2. The van der Waals surface area contributed by atoms with Crippen LogP contribution >= 0.6 is 11.3 Å². The number of benzene rings is 2. The van der Waals surface area contributed by atoms with Gasteiger partial charge >= 0.3 is 0 Å². The number of carbonyl (C=O) groups excluding carboxylic acids is 2. The van der Waals surface area contributed by atoms with Crippen molar-refractivity contribution in [3.05, 3.63) is 87.2 Å². The molecule has 10 heteroatoms. The van der Waals surface area contributed by atoms with Crippen LogP contribution in [0.15, 0.2) is 58.3 Å². The van der Waals surface area contributed by atoms with Gasteiger partial charge in [-0.2, -0.15) is 0 Å². The van der Waals surface area contributed by atoms with Crippen LogP contribution in [-0.4, -0.2) is 45.0 Å². The summed E-state index contributed by atoms with van der Waals surface area (Å²) >= 11 is 1.57. The third kappa shape index (κ3) is 5.76. The van der Waals surface area contributed by atoms with Crippen molar-refractivity contribution in [2.75, 3.05) is 13.1 Å². The molecule has 0 aliphatic carbocycles. The number of likely N-dealkylation sites (tertiary alicyclic amines) is 1. The van der Waals surface area contributed by atoms with Crippen LogP contribution in [0.4, 0.5) is 0 Å². The smallest absolute Gasteiger partial charge is 0.254 e. The fourth-order valence-electron chi connectivity index (χ4n) is 4.89. The molecule has 2 atom stereocenters. The van der Waals surface area contributed by atoms with Crippen LogP contribution in [0, 0.1) is 6.92 Å². The number of thiazole rings is 1. The minimum absolute atomic E-state index is 0.0845. The van der Waals surface area contributed by atoms with Gasteiger partial charge in [0.2, 0.25) is 11.8 Å². The molecule has 0 unspecified atom stereocenters. The normalized spacial score (nSPS) is 16.7. The summed E-state index contributed by atoms with van der Waals surface area (Å²) in [6.45, 7) is 6.72. The van der Waals surface area contributed by atoms with E-state index in [0.717, 1.165) is 29.1 Å². The Labute approximate surface area is 231 Å². The molecular formula is C29H32N6O3S. The predicted octanol–water partition coefficient (Wildman–Crippen LogP) is 4.65. The first-order valence-corrected chi connectivity index (χ1v) is 14.0. The molecule has 3 heterocycles. The Bertz CT molecular complexity index is 1480. The fraction of sp³-hybridized carbons (Fsp3) is 0.345. The maximum Gasteiger partial charge on any atom is 0.254 e. The van der Waals surface area contributed by atoms with Gasteiger partial charge in [0.1, 0.15) is 5.01 Å². The highest BCUT2D eigenvalue weighted by molar-refractivity contribution is 7.09.